The molecule has 88 valence electrons. The lowest BCUT2D eigenvalue weighted by molar-refractivity contribution is -0.117. The van der Waals surface area contributed by atoms with Gasteiger partial charge in [-0.2, -0.15) is 0 Å². The number of hydrogen-bond donors (Lipinski definition) is 0. The van der Waals surface area contributed by atoms with Crippen LogP contribution >= 0.6 is 22.9 Å². The Morgan fingerprint density at radius 3 is 2.88 bits per heavy atom. The van der Waals surface area contributed by atoms with Crippen LogP contribution in [0.3, 0.4) is 0 Å². The minimum absolute atomic E-state index is 0.0203. The Balaban J connectivity index is 2.10. The van der Waals surface area contributed by atoms with Gasteiger partial charge in [-0.3, -0.25) is 9.69 Å². The third-order valence-electron chi connectivity index (χ3n) is 2.38. The molecule has 3 nitrogen and oxygen atoms in total. The first-order valence-electron chi connectivity index (χ1n) is 5.08. The van der Waals surface area contributed by atoms with E-state index >= 15 is 0 Å². The standard InChI is InChI=1S/C12H11ClN2OS/c1-15(12-14-6-7-17-12)11(16)8-9-4-2-3-5-10(9)13/h2-7H,8H2,1H3. The Bertz CT molecular complexity index is 513. The maximum atomic E-state index is 12.0. The molecule has 1 aromatic heterocycles. The molecule has 0 aliphatic heterocycles. The largest absolute Gasteiger partial charge is 0.291 e. The third kappa shape index (κ3) is 2.84. The number of likely N-dealkylation sites (N-methyl/N-ethyl adjacent to an activating group) is 1. The highest BCUT2D eigenvalue weighted by atomic mass is 35.5. The number of aromatic nitrogens is 1. The molecule has 0 aliphatic rings. The summed E-state index contributed by atoms with van der Waals surface area (Å²) in [5.74, 6) is -0.0203. The molecule has 0 unspecified atom stereocenters. The summed E-state index contributed by atoms with van der Waals surface area (Å²) >= 11 is 7.45. The third-order valence-corrected chi connectivity index (χ3v) is 3.60. The van der Waals surface area contributed by atoms with E-state index < -0.39 is 0 Å². The maximum Gasteiger partial charge on any atom is 0.232 e. The number of carbonyl (C=O) groups is 1. The summed E-state index contributed by atoms with van der Waals surface area (Å²) in [6, 6.07) is 7.36. The van der Waals surface area contributed by atoms with Crippen molar-refractivity contribution in [3.8, 4) is 0 Å². The summed E-state index contributed by atoms with van der Waals surface area (Å²) in [4.78, 5) is 17.6. The number of benzene rings is 1. The van der Waals surface area contributed by atoms with E-state index in [1.165, 1.54) is 11.3 Å². The van der Waals surface area contributed by atoms with Gasteiger partial charge in [0.1, 0.15) is 0 Å². The topological polar surface area (TPSA) is 33.2 Å². The van der Waals surface area contributed by atoms with Crippen LogP contribution in [0.25, 0.3) is 0 Å². The number of amides is 1. The first-order chi connectivity index (χ1) is 8.18. The van der Waals surface area contributed by atoms with Gasteiger partial charge >= 0.3 is 0 Å². The summed E-state index contributed by atoms with van der Waals surface area (Å²) in [6.07, 6.45) is 1.97. The molecule has 0 spiro atoms. The number of nitrogens with zero attached hydrogens (tertiary/aromatic N) is 2. The predicted octanol–water partition coefficient (Wildman–Crippen LogP) is 3.00. The fourth-order valence-electron chi connectivity index (χ4n) is 1.41. The monoisotopic (exact) mass is 266 g/mol. The number of halogens is 1. The van der Waals surface area contributed by atoms with Crippen LogP contribution in [0.15, 0.2) is 35.8 Å². The molecular formula is C12H11ClN2OS. The fourth-order valence-corrected chi connectivity index (χ4v) is 2.24. The molecule has 0 atom stereocenters. The van der Waals surface area contributed by atoms with Gasteiger partial charge in [-0.05, 0) is 11.6 Å². The minimum Gasteiger partial charge on any atom is -0.291 e. The van der Waals surface area contributed by atoms with Gasteiger partial charge in [-0.1, -0.05) is 29.8 Å². The van der Waals surface area contributed by atoms with Crippen molar-refractivity contribution in [2.45, 2.75) is 6.42 Å². The SMILES string of the molecule is CN(C(=O)Cc1ccccc1Cl)c1nccs1. The van der Waals surface area contributed by atoms with Crippen LogP contribution in [-0.4, -0.2) is 17.9 Å². The zero-order chi connectivity index (χ0) is 12.3. The molecule has 1 amide bonds. The second-order valence-electron chi connectivity index (χ2n) is 3.54. The van der Waals surface area contributed by atoms with Crippen molar-refractivity contribution in [1.82, 2.24) is 4.98 Å². The van der Waals surface area contributed by atoms with Crippen LogP contribution in [0.5, 0.6) is 0 Å². The van der Waals surface area contributed by atoms with E-state index in [1.54, 1.807) is 24.2 Å². The lowest BCUT2D eigenvalue weighted by atomic mass is 10.1. The van der Waals surface area contributed by atoms with Crippen LogP contribution in [0.1, 0.15) is 5.56 Å². The Morgan fingerprint density at radius 2 is 2.24 bits per heavy atom. The molecule has 2 rings (SSSR count). The van der Waals surface area contributed by atoms with Gasteiger partial charge in [0.05, 0.1) is 6.42 Å². The van der Waals surface area contributed by atoms with E-state index in [-0.39, 0.29) is 12.3 Å². The van der Waals surface area contributed by atoms with E-state index in [9.17, 15) is 4.79 Å². The summed E-state index contributed by atoms with van der Waals surface area (Å²) in [5, 5.41) is 3.16. The van der Waals surface area contributed by atoms with Crippen LogP contribution < -0.4 is 4.90 Å². The molecule has 1 heterocycles. The quantitative estimate of drug-likeness (QED) is 0.856. The van der Waals surface area contributed by atoms with Crippen molar-refractivity contribution in [1.29, 1.82) is 0 Å². The van der Waals surface area contributed by atoms with Crippen LogP contribution in [0, 0.1) is 0 Å². The average molecular weight is 267 g/mol. The van der Waals surface area contributed by atoms with Crippen molar-refractivity contribution in [2.24, 2.45) is 0 Å². The summed E-state index contributed by atoms with van der Waals surface area (Å²) in [7, 11) is 1.72. The number of anilines is 1. The first-order valence-corrected chi connectivity index (χ1v) is 6.33. The molecule has 0 N–H and O–H groups in total. The Morgan fingerprint density at radius 1 is 1.47 bits per heavy atom. The van der Waals surface area contributed by atoms with Gasteiger partial charge in [-0.15, -0.1) is 11.3 Å². The summed E-state index contributed by atoms with van der Waals surface area (Å²) in [6.45, 7) is 0. The van der Waals surface area contributed by atoms with Crippen LogP contribution in [-0.2, 0) is 11.2 Å². The molecule has 0 bridgehead atoms. The highest BCUT2D eigenvalue weighted by Crippen LogP contribution is 2.19. The minimum atomic E-state index is -0.0203. The zero-order valence-electron chi connectivity index (χ0n) is 9.26. The molecule has 5 heteroatoms. The second-order valence-corrected chi connectivity index (χ2v) is 4.82. The Hall–Kier alpha value is -1.39. The van der Waals surface area contributed by atoms with E-state index in [4.69, 9.17) is 11.6 Å². The molecule has 17 heavy (non-hydrogen) atoms. The van der Waals surface area contributed by atoms with Gasteiger partial charge in [0, 0.05) is 23.6 Å². The zero-order valence-corrected chi connectivity index (χ0v) is 10.8. The molecule has 0 saturated carbocycles. The number of rotatable bonds is 3. The first kappa shape index (κ1) is 12.1. The predicted molar refractivity (Wildman–Crippen MR) is 70.7 cm³/mol. The fraction of sp³-hybridized carbons (Fsp3) is 0.167. The van der Waals surface area contributed by atoms with Crippen molar-refractivity contribution >= 4 is 34.0 Å². The van der Waals surface area contributed by atoms with Gasteiger partial charge < -0.3 is 0 Å². The van der Waals surface area contributed by atoms with Crippen LogP contribution in [0.4, 0.5) is 5.13 Å². The van der Waals surface area contributed by atoms with Crippen molar-refractivity contribution < 1.29 is 4.79 Å². The molecular weight excluding hydrogens is 256 g/mol. The van der Waals surface area contributed by atoms with Gasteiger partial charge in [0.15, 0.2) is 5.13 Å². The molecule has 0 fully saturated rings. The molecule has 0 aliphatic carbocycles. The summed E-state index contributed by atoms with van der Waals surface area (Å²) in [5.41, 5.74) is 0.836. The van der Waals surface area contributed by atoms with Gasteiger partial charge in [0.25, 0.3) is 0 Å². The normalized spacial score (nSPS) is 10.2. The number of carbonyl (C=O) groups excluding carboxylic acids is 1. The molecule has 2 aromatic rings. The number of hydrogen-bond acceptors (Lipinski definition) is 3. The maximum absolute atomic E-state index is 12.0. The van der Waals surface area contributed by atoms with E-state index in [1.807, 2.05) is 23.6 Å². The van der Waals surface area contributed by atoms with E-state index in [2.05, 4.69) is 4.98 Å². The van der Waals surface area contributed by atoms with Crippen molar-refractivity contribution in [3.05, 3.63) is 46.4 Å². The second kappa shape index (κ2) is 5.29. The van der Waals surface area contributed by atoms with Gasteiger partial charge in [-0.25, -0.2) is 4.98 Å². The highest BCUT2D eigenvalue weighted by Gasteiger charge is 2.14. The Labute approximate surface area is 109 Å². The average Bonchev–Trinajstić information content (AvgIpc) is 2.84. The van der Waals surface area contributed by atoms with Crippen molar-refractivity contribution in [3.63, 3.8) is 0 Å². The molecule has 1 aromatic carbocycles. The highest BCUT2D eigenvalue weighted by molar-refractivity contribution is 7.13. The molecule has 0 radical (unpaired) electrons. The van der Waals surface area contributed by atoms with E-state index in [0.717, 1.165) is 5.56 Å². The lowest BCUT2D eigenvalue weighted by Gasteiger charge is -2.14. The van der Waals surface area contributed by atoms with Crippen LogP contribution in [0.2, 0.25) is 5.02 Å². The molecule has 0 saturated heterocycles. The van der Waals surface area contributed by atoms with Crippen molar-refractivity contribution in [2.75, 3.05) is 11.9 Å². The van der Waals surface area contributed by atoms with Gasteiger partial charge in [0.2, 0.25) is 5.91 Å². The number of thiazole rings is 1. The van der Waals surface area contributed by atoms with E-state index in [0.29, 0.717) is 10.2 Å². The smallest absolute Gasteiger partial charge is 0.232 e. The lowest BCUT2D eigenvalue weighted by Crippen LogP contribution is -2.27. The summed E-state index contributed by atoms with van der Waals surface area (Å²) < 4.78 is 0. The Kier molecular flexibility index (Phi) is 3.76.